The summed E-state index contributed by atoms with van der Waals surface area (Å²) >= 11 is 1.33. The second-order valence-corrected chi connectivity index (χ2v) is 8.48. The number of aromatic nitrogens is 1. The summed E-state index contributed by atoms with van der Waals surface area (Å²) in [7, 11) is 0. The van der Waals surface area contributed by atoms with Crippen LogP contribution in [-0.4, -0.2) is 15.9 Å². The topological polar surface area (TPSA) is 50.2 Å². The summed E-state index contributed by atoms with van der Waals surface area (Å²) in [5, 5.41) is 12.9. The molecule has 1 N–H and O–H groups in total. The number of aromatic hydroxyl groups is 1. The molecule has 1 aromatic carbocycles. The van der Waals surface area contributed by atoms with Crippen LogP contribution in [0, 0.1) is 0 Å². The number of rotatable bonds is 2. The highest BCUT2D eigenvalue weighted by Gasteiger charge is 2.28. The van der Waals surface area contributed by atoms with Gasteiger partial charge < -0.3 is 5.11 Å². The number of carbonyl (C=O) groups excluding carboxylic acids is 1. The van der Waals surface area contributed by atoms with Gasteiger partial charge in [-0.1, -0.05) is 41.5 Å². The van der Waals surface area contributed by atoms with Crippen molar-refractivity contribution in [1.29, 1.82) is 0 Å². The van der Waals surface area contributed by atoms with Crippen molar-refractivity contribution in [3.05, 3.63) is 45.4 Å². The van der Waals surface area contributed by atoms with Crippen molar-refractivity contribution in [2.24, 2.45) is 0 Å². The van der Waals surface area contributed by atoms with Gasteiger partial charge in [0.05, 0.1) is 0 Å². The van der Waals surface area contributed by atoms with E-state index in [0.717, 1.165) is 11.1 Å². The van der Waals surface area contributed by atoms with Gasteiger partial charge in [0.1, 0.15) is 5.75 Å². The molecular formula is C18H23NO2S. The Bertz CT molecular complexity index is 654. The van der Waals surface area contributed by atoms with E-state index < -0.39 is 0 Å². The monoisotopic (exact) mass is 317 g/mol. The van der Waals surface area contributed by atoms with Crippen molar-refractivity contribution in [3.63, 3.8) is 0 Å². The van der Waals surface area contributed by atoms with Gasteiger partial charge in [-0.05, 0) is 23.0 Å². The van der Waals surface area contributed by atoms with Gasteiger partial charge in [0.2, 0.25) is 5.78 Å². The van der Waals surface area contributed by atoms with E-state index in [1.165, 1.54) is 11.3 Å². The molecule has 2 aromatic rings. The molecule has 0 bridgehead atoms. The second-order valence-electron chi connectivity index (χ2n) is 7.59. The van der Waals surface area contributed by atoms with Crippen molar-refractivity contribution < 1.29 is 9.90 Å². The van der Waals surface area contributed by atoms with E-state index >= 15 is 0 Å². The zero-order valence-corrected chi connectivity index (χ0v) is 14.8. The zero-order valence-electron chi connectivity index (χ0n) is 14.0. The summed E-state index contributed by atoms with van der Waals surface area (Å²) < 4.78 is 0. The average molecular weight is 317 g/mol. The van der Waals surface area contributed by atoms with Crippen LogP contribution >= 0.6 is 11.3 Å². The molecule has 0 spiro atoms. The number of benzene rings is 1. The molecule has 0 atom stereocenters. The Balaban J connectivity index is 2.68. The molecule has 0 saturated heterocycles. The van der Waals surface area contributed by atoms with Gasteiger partial charge in [-0.2, -0.15) is 0 Å². The van der Waals surface area contributed by atoms with Gasteiger partial charge in [0, 0.05) is 28.3 Å². The zero-order chi connectivity index (χ0) is 16.7. The van der Waals surface area contributed by atoms with E-state index in [0.29, 0.717) is 10.6 Å². The fourth-order valence-electron chi connectivity index (χ4n) is 2.37. The SMILES string of the molecule is CC(C)(C)c1cc(C(=O)c2nccs2)cc(C(C)(C)C)c1O. The number of phenols is 1. The molecule has 0 radical (unpaired) electrons. The van der Waals surface area contributed by atoms with Crippen LogP contribution in [0.5, 0.6) is 5.75 Å². The van der Waals surface area contributed by atoms with E-state index in [1.54, 1.807) is 23.7 Å². The molecule has 0 amide bonds. The number of hydrogen-bond acceptors (Lipinski definition) is 4. The highest BCUT2D eigenvalue weighted by atomic mass is 32.1. The molecule has 3 nitrogen and oxygen atoms in total. The van der Waals surface area contributed by atoms with E-state index in [-0.39, 0.29) is 22.4 Å². The van der Waals surface area contributed by atoms with Gasteiger partial charge >= 0.3 is 0 Å². The summed E-state index contributed by atoms with van der Waals surface area (Å²) in [6, 6.07) is 3.60. The maximum absolute atomic E-state index is 12.6. The normalized spacial score (nSPS) is 12.5. The van der Waals surface area contributed by atoms with Crippen LogP contribution < -0.4 is 0 Å². The highest BCUT2D eigenvalue weighted by Crippen LogP contribution is 2.40. The molecule has 0 aliphatic rings. The number of nitrogens with zero attached hydrogens (tertiary/aromatic N) is 1. The third-order valence-corrected chi connectivity index (χ3v) is 4.39. The molecule has 0 saturated carbocycles. The van der Waals surface area contributed by atoms with Crippen LogP contribution in [0.3, 0.4) is 0 Å². The fourth-order valence-corrected chi connectivity index (χ4v) is 2.97. The number of thiazole rings is 1. The van der Waals surface area contributed by atoms with Gasteiger partial charge in [-0.15, -0.1) is 11.3 Å². The van der Waals surface area contributed by atoms with Crippen LogP contribution in [0.2, 0.25) is 0 Å². The second kappa shape index (κ2) is 5.51. The minimum atomic E-state index is -0.247. The molecule has 1 aromatic heterocycles. The van der Waals surface area contributed by atoms with Crippen molar-refractivity contribution in [2.75, 3.05) is 0 Å². The van der Waals surface area contributed by atoms with E-state index in [1.807, 2.05) is 41.5 Å². The van der Waals surface area contributed by atoms with Crippen LogP contribution in [-0.2, 0) is 10.8 Å². The Morgan fingerprint density at radius 3 is 1.91 bits per heavy atom. The first-order chi connectivity index (χ1) is 10.0. The van der Waals surface area contributed by atoms with E-state index in [2.05, 4.69) is 4.98 Å². The molecule has 22 heavy (non-hydrogen) atoms. The third-order valence-electron chi connectivity index (χ3n) is 3.61. The quantitative estimate of drug-likeness (QED) is 0.819. The molecule has 0 aliphatic heterocycles. The summed E-state index contributed by atoms with van der Waals surface area (Å²) in [4.78, 5) is 16.7. The number of ketones is 1. The molecule has 2 rings (SSSR count). The van der Waals surface area contributed by atoms with Gasteiger partial charge in [-0.25, -0.2) is 4.98 Å². The molecule has 118 valence electrons. The van der Waals surface area contributed by atoms with E-state index in [4.69, 9.17) is 0 Å². The molecule has 0 fully saturated rings. The summed E-state index contributed by atoms with van der Waals surface area (Å²) in [5.74, 6) is 0.196. The average Bonchev–Trinajstić information content (AvgIpc) is 2.89. The lowest BCUT2D eigenvalue weighted by molar-refractivity contribution is 0.103. The Labute approximate surface area is 136 Å². The van der Waals surface area contributed by atoms with Crippen LogP contribution in [0.15, 0.2) is 23.7 Å². The third kappa shape index (κ3) is 3.22. The first-order valence-electron chi connectivity index (χ1n) is 7.34. The van der Waals surface area contributed by atoms with E-state index in [9.17, 15) is 9.90 Å². The molecule has 0 unspecified atom stereocenters. The molecule has 1 heterocycles. The molecule has 4 heteroatoms. The van der Waals surface area contributed by atoms with Gasteiger partial charge in [0.25, 0.3) is 0 Å². The largest absolute Gasteiger partial charge is 0.507 e. The smallest absolute Gasteiger partial charge is 0.221 e. The molecule has 0 aliphatic carbocycles. The standard InChI is InChI=1S/C18H23NO2S/c1-17(2,3)12-9-11(14(20)16-19-7-8-22-16)10-13(15(12)21)18(4,5)6/h7-10,21H,1-6H3. The maximum Gasteiger partial charge on any atom is 0.221 e. The summed E-state index contributed by atoms with van der Waals surface area (Å²) in [6.45, 7) is 12.2. The van der Waals surface area contributed by atoms with Crippen LogP contribution in [0.4, 0.5) is 0 Å². The number of hydrogen-bond donors (Lipinski definition) is 1. The lowest BCUT2D eigenvalue weighted by Gasteiger charge is -2.28. The lowest BCUT2D eigenvalue weighted by Crippen LogP contribution is -2.19. The minimum Gasteiger partial charge on any atom is -0.507 e. The van der Waals surface area contributed by atoms with Crippen molar-refractivity contribution in [2.45, 2.75) is 52.4 Å². The van der Waals surface area contributed by atoms with Crippen molar-refractivity contribution in [3.8, 4) is 5.75 Å². The van der Waals surface area contributed by atoms with Crippen molar-refractivity contribution in [1.82, 2.24) is 4.98 Å². The lowest BCUT2D eigenvalue weighted by atomic mass is 9.78. The Morgan fingerprint density at radius 1 is 1.05 bits per heavy atom. The maximum atomic E-state index is 12.6. The van der Waals surface area contributed by atoms with Crippen molar-refractivity contribution >= 4 is 17.1 Å². The Hall–Kier alpha value is -1.68. The first-order valence-corrected chi connectivity index (χ1v) is 8.22. The number of carbonyl (C=O) groups is 1. The summed E-state index contributed by atoms with van der Waals surface area (Å²) in [6.07, 6.45) is 1.63. The van der Waals surface area contributed by atoms with Crippen LogP contribution in [0.25, 0.3) is 0 Å². The van der Waals surface area contributed by atoms with Crippen LogP contribution in [0.1, 0.15) is 68.0 Å². The molecular weight excluding hydrogens is 294 g/mol. The predicted molar refractivity (Wildman–Crippen MR) is 91.1 cm³/mol. The highest BCUT2D eigenvalue weighted by molar-refractivity contribution is 7.11. The van der Waals surface area contributed by atoms with Gasteiger partial charge in [0.15, 0.2) is 5.01 Å². The predicted octanol–water partition coefficient (Wildman–Crippen LogP) is 4.67. The fraction of sp³-hybridized carbons (Fsp3) is 0.444. The Morgan fingerprint density at radius 2 is 1.55 bits per heavy atom. The Kier molecular flexibility index (Phi) is 4.18. The summed E-state index contributed by atoms with van der Waals surface area (Å²) in [5.41, 5.74) is 1.68. The number of phenolic OH excluding ortho intramolecular Hbond substituents is 1. The van der Waals surface area contributed by atoms with Gasteiger partial charge in [-0.3, -0.25) is 4.79 Å². The first kappa shape index (κ1) is 16.7. The minimum absolute atomic E-state index is 0.0917.